The van der Waals surface area contributed by atoms with Crippen molar-refractivity contribution in [2.45, 2.75) is 33.2 Å². The van der Waals surface area contributed by atoms with Crippen molar-refractivity contribution in [3.8, 4) is 0 Å². The van der Waals surface area contributed by atoms with Gasteiger partial charge in [0, 0.05) is 73.5 Å². The van der Waals surface area contributed by atoms with E-state index in [1.54, 1.807) is 0 Å². The van der Waals surface area contributed by atoms with Gasteiger partial charge in [-0.1, -0.05) is 23.7 Å². The average Bonchev–Trinajstić information content (AvgIpc) is 3.15. The summed E-state index contributed by atoms with van der Waals surface area (Å²) in [6.45, 7) is 10.6. The van der Waals surface area contributed by atoms with Crippen molar-refractivity contribution in [2.75, 3.05) is 44.2 Å². The van der Waals surface area contributed by atoms with Crippen LogP contribution in [0, 0.1) is 19.8 Å². The second-order valence-corrected chi connectivity index (χ2v) is 10.5. The molecule has 3 aromatic rings. The van der Waals surface area contributed by atoms with E-state index >= 15 is 0 Å². The third kappa shape index (κ3) is 4.69. The quantitative estimate of drug-likeness (QED) is 0.528. The first-order valence-corrected chi connectivity index (χ1v) is 12.8. The Labute approximate surface area is 207 Å². The lowest BCUT2D eigenvalue weighted by Gasteiger charge is -2.39. The zero-order valence-electron chi connectivity index (χ0n) is 20.6. The van der Waals surface area contributed by atoms with Crippen LogP contribution in [0.4, 0.5) is 5.69 Å². The summed E-state index contributed by atoms with van der Waals surface area (Å²) in [7, 11) is 2.09. The second kappa shape index (κ2) is 9.63. The SMILES string of the molecule is Cc1ccc(C)c(N2CCN(C(=O)C3CCN(Cc4cn(C)c5ccc(Cl)cc45)CC3)CC2)c1. The normalized spacial score (nSPS) is 18.1. The molecule has 2 saturated heterocycles. The Balaban J connectivity index is 1.15. The lowest BCUT2D eigenvalue weighted by Crippen LogP contribution is -2.51. The molecule has 0 N–H and O–H groups in total. The van der Waals surface area contributed by atoms with Crippen molar-refractivity contribution >= 4 is 34.1 Å². The van der Waals surface area contributed by atoms with E-state index < -0.39 is 0 Å². The number of fused-ring (bicyclic) bond motifs is 1. The Hall–Kier alpha value is -2.50. The van der Waals surface area contributed by atoms with Gasteiger partial charge in [0.15, 0.2) is 0 Å². The number of halogens is 1. The molecule has 2 aliphatic heterocycles. The Morgan fingerprint density at radius 3 is 2.44 bits per heavy atom. The predicted octanol–water partition coefficient (Wildman–Crippen LogP) is 5.01. The van der Waals surface area contributed by atoms with Crippen LogP contribution in [0.5, 0.6) is 0 Å². The molecule has 2 aliphatic rings. The number of carbonyl (C=O) groups excluding carboxylic acids is 1. The van der Waals surface area contributed by atoms with Gasteiger partial charge in [-0.15, -0.1) is 0 Å². The fourth-order valence-electron chi connectivity index (χ4n) is 5.64. The van der Waals surface area contributed by atoms with Gasteiger partial charge in [-0.05, 0) is 80.7 Å². The number of piperidine rings is 1. The molecule has 0 unspecified atom stereocenters. The number of carbonyl (C=O) groups is 1. The van der Waals surface area contributed by atoms with Crippen LogP contribution in [-0.4, -0.2) is 59.5 Å². The molecule has 6 heteroatoms. The third-order valence-electron chi connectivity index (χ3n) is 7.66. The first-order valence-electron chi connectivity index (χ1n) is 12.5. The van der Waals surface area contributed by atoms with Gasteiger partial charge >= 0.3 is 0 Å². The summed E-state index contributed by atoms with van der Waals surface area (Å²) >= 11 is 6.26. The van der Waals surface area contributed by atoms with E-state index in [4.69, 9.17) is 11.6 Å². The monoisotopic (exact) mass is 478 g/mol. The van der Waals surface area contributed by atoms with Crippen LogP contribution < -0.4 is 4.90 Å². The number of benzene rings is 2. The fraction of sp³-hybridized carbons (Fsp3) is 0.464. The number of aromatic nitrogens is 1. The van der Waals surface area contributed by atoms with Crippen molar-refractivity contribution in [3.05, 3.63) is 64.3 Å². The molecule has 2 aromatic carbocycles. The van der Waals surface area contributed by atoms with Gasteiger partial charge in [0.2, 0.25) is 5.91 Å². The Bertz CT molecular complexity index is 1190. The van der Waals surface area contributed by atoms with E-state index in [0.29, 0.717) is 5.91 Å². The summed E-state index contributed by atoms with van der Waals surface area (Å²) in [5, 5.41) is 2.01. The Morgan fingerprint density at radius 1 is 0.971 bits per heavy atom. The zero-order chi connectivity index (χ0) is 23.8. The van der Waals surface area contributed by atoms with E-state index in [1.807, 2.05) is 6.07 Å². The first kappa shape index (κ1) is 23.3. The number of nitrogens with zero attached hydrogens (tertiary/aromatic N) is 4. The average molecular weight is 479 g/mol. The highest BCUT2D eigenvalue weighted by Gasteiger charge is 2.31. The largest absolute Gasteiger partial charge is 0.368 e. The molecule has 34 heavy (non-hydrogen) atoms. The van der Waals surface area contributed by atoms with E-state index in [-0.39, 0.29) is 5.92 Å². The standard InChI is InChI=1S/C28H35ClN4O/c1-20-4-5-21(2)27(16-20)32-12-14-33(15-13-32)28(34)22-8-10-31(11-9-22)19-23-18-30(3)26-7-6-24(29)17-25(23)26/h4-7,16-18,22H,8-15,19H2,1-3H3. The van der Waals surface area contributed by atoms with Crippen molar-refractivity contribution in [1.82, 2.24) is 14.4 Å². The summed E-state index contributed by atoms with van der Waals surface area (Å²) in [6.07, 6.45) is 4.11. The van der Waals surface area contributed by atoms with Gasteiger partial charge in [0.1, 0.15) is 0 Å². The zero-order valence-corrected chi connectivity index (χ0v) is 21.3. The number of hydrogen-bond acceptors (Lipinski definition) is 3. The molecule has 1 aromatic heterocycles. The smallest absolute Gasteiger partial charge is 0.225 e. The van der Waals surface area contributed by atoms with Crippen molar-refractivity contribution in [1.29, 1.82) is 0 Å². The minimum Gasteiger partial charge on any atom is -0.368 e. The molecule has 3 heterocycles. The molecule has 0 bridgehead atoms. The minimum absolute atomic E-state index is 0.158. The predicted molar refractivity (Wildman–Crippen MR) is 141 cm³/mol. The highest BCUT2D eigenvalue weighted by molar-refractivity contribution is 6.31. The van der Waals surface area contributed by atoms with E-state index in [9.17, 15) is 4.79 Å². The maximum atomic E-state index is 13.3. The van der Waals surface area contributed by atoms with Gasteiger partial charge in [0.25, 0.3) is 0 Å². The van der Waals surface area contributed by atoms with Crippen molar-refractivity contribution in [2.24, 2.45) is 13.0 Å². The van der Waals surface area contributed by atoms with Gasteiger partial charge in [-0.3, -0.25) is 9.69 Å². The van der Waals surface area contributed by atoms with E-state index in [2.05, 4.69) is 76.7 Å². The minimum atomic E-state index is 0.158. The van der Waals surface area contributed by atoms with Gasteiger partial charge in [-0.2, -0.15) is 0 Å². The van der Waals surface area contributed by atoms with Crippen molar-refractivity contribution in [3.63, 3.8) is 0 Å². The van der Waals surface area contributed by atoms with Crippen LogP contribution in [-0.2, 0) is 18.4 Å². The summed E-state index contributed by atoms with van der Waals surface area (Å²) in [4.78, 5) is 20.3. The fourth-order valence-corrected chi connectivity index (χ4v) is 5.81. The molecule has 180 valence electrons. The number of piperazine rings is 1. The molecule has 5 nitrogen and oxygen atoms in total. The number of anilines is 1. The molecule has 0 aliphatic carbocycles. The molecular weight excluding hydrogens is 444 g/mol. The Kier molecular flexibility index (Phi) is 6.59. The summed E-state index contributed by atoms with van der Waals surface area (Å²) in [5.41, 5.74) is 6.44. The van der Waals surface area contributed by atoms with Gasteiger partial charge < -0.3 is 14.4 Å². The molecule has 5 rings (SSSR count). The maximum Gasteiger partial charge on any atom is 0.225 e. The maximum absolute atomic E-state index is 13.3. The number of aryl methyl sites for hydroxylation is 3. The lowest BCUT2D eigenvalue weighted by atomic mass is 9.94. The molecule has 2 fully saturated rings. The van der Waals surface area contributed by atoms with Crippen molar-refractivity contribution < 1.29 is 4.79 Å². The summed E-state index contributed by atoms with van der Waals surface area (Å²) < 4.78 is 2.18. The summed E-state index contributed by atoms with van der Waals surface area (Å²) in [5.74, 6) is 0.516. The highest BCUT2D eigenvalue weighted by Crippen LogP contribution is 2.28. The van der Waals surface area contributed by atoms with Crippen LogP contribution in [0.2, 0.25) is 5.02 Å². The number of hydrogen-bond donors (Lipinski definition) is 0. The topological polar surface area (TPSA) is 31.7 Å². The summed E-state index contributed by atoms with van der Waals surface area (Å²) in [6, 6.07) is 12.7. The number of rotatable bonds is 4. The molecule has 0 saturated carbocycles. The van der Waals surface area contributed by atoms with E-state index in [1.165, 1.54) is 33.3 Å². The number of amides is 1. The van der Waals surface area contributed by atoms with Gasteiger partial charge in [0.05, 0.1) is 0 Å². The molecule has 0 atom stereocenters. The Morgan fingerprint density at radius 2 is 1.71 bits per heavy atom. The van der Waals surface area contributed by atoms with E-state index in [0.717, 1.165) is 63.7 Å². The molecule has 0 radical (unpaired) electrons. The van der Waals surface area contributed by atoms with Crippen LogP contribution in [0.25, 0.3) is 10.9 Å². The third-order valence-corrected chi connectivity index (χ3v) is 7.90. The van der Waals surface area contributed by atoms with Crippen LogP contribution >= 0.6 is 11.6 Å². The molecular formula is C28H35ClN4O. The second-order valence-electron chi connectivity index (χ2n) is 10.1. The van der Waals surface area contributed by atoms with Gasteiger partial charge in [-0.25, -0.2) is 0 Å². The number of likely N-dealkylation sites (tertiary alicyclic amines) is 1. The molecule has 1 amide bonds. The van der Waals surface area contributed by atoms with Crippen LogP contribution in [0.3, 0.4) is 0 Å². The lowest BCUT2D eigenvalue weighted by molar-refractivity contribution is -0.137. The van der Waals surface area contributed by atoms with Crippen LogP contribution in [0.15, 0.2) is 42.6 Å². The highest BCUT2D eigenvalue weighted by atomic mass is 35.5. The van der Waals surface area contributed by atoms with Crippen LogP contribution in [0.1, 0.15) is 29.5 Å². The molecule has 0 spiro atoms. The first-order chi connectivity index (χ1) is 16.4.